The number of Topliss-reactive ketones (excluding diaryl/α,β-unsaturated/α-hetero) is 1. The molecule has 2 unspecified atom stereocenters. The van der Waals surface area contributed by atoms with Gasteiger partial charge in [0.05, 0.1) is 6.54 Å². The van der Waals surface area contributed by atoms with Crippen LogP contribution >= 0.6 is 0 Å². The molecule has 2 aliphatic carbocycles. The molecule has 0 aromatic heterocycles. The van der Waals surface area contributed by atoms with Crippen molar-refractivity contribution in [1.82, 2.24) is 5.32 Å². The number of hydrogen-bond acceptors (Lipinski definition) is 2. The van der Waals surface area contributed by atoms with Crippen LogP contribution in [0.25, 0.3) is 0 Å². The Morgan fingerprint density at radius 3 is 2.24 bits per heavy atom. The lowest BCUT2D eigenvalue weighted by molar-refractivity contribution is -0.124. The molecule has 2 rings (SSSR count). The monoisotopic (exact) mass is 237 g/mol. The molecule has 0 aromatic carbocycles. The maximum atomic E-state index is 12.2. The minimum absolute atomic E-state index is 0.336. The molecule has 2 fully saturated rings. The molecule has 98 valence electrons. The van der Waals surface area contributed by atoms with Gasteiger partial charge in [-0.1, -0.05) is 26.7 Å². The summed E-state index contributed by atoms with van der Waals surface area (Å²) < 4.78 is 0. The third-order valence-electron chi connectivity index (χ3n) is 4.55. The van der Waals surface area contributed by atoms with E-state index in [4.69, 9.17) is 0 Å². The molecule has 2 atom stereocenters. The normalized spacial score (nSPS) is 35.1. The van der Waals surface area contributed by atoms with Gasteiger partial charge >= 0.3 is 0 Å². The van der Waals surface area contributed by atoms with Crippen LogP contribution in [0, 0.1) is 17.8 Å². The highest BCUT2D eigenvalue weighted by molar-refractivity contribution is 5.83. The fourth-order valence-corrected chi connectivity index (χ4v) is 3.73. The quantitative estimate of drug-likeness (QED) is 0.813. The summed E-state index contributed by atoms with van der Waals surface area (Å²) >= 11 is 0. The summed E-state index contributed by atoms with van der Waals surface area (Å²) in [7, 11) is 0. The van der Waals surface area contributed by atoms with E-state index in [-0.39, 0.29) is 0 Å². The van der Waals surface area contributed by atoms with E-state index in [1.165, 1.54) is 32.1 Å². The lowest BCUT2D eigenvalue weighted by atomic mass is 9.75. The molecule has 0 amide bonds. The van der Waals surface area contributed by atoms with E-state index in [9.17, 15) is 4.79 Å². The van der Waals surface area contributed by atoms with E-state index in [2.05, 4.69) is 19.2 Å². The van der Waals surface area contributed by atoms with Crippen molar-refractivity contribution in [2.24, 2.45) is 17.8 Å². The maximum absolute atomic E-state index is 12.2. The number of rotatable bonds is 4. The van der Waals surface area contributed by atoms with Gasteiger partial charge in [-0.15, -0.1) is 0 Å². The fourth-order valence-electron chi connectivity index (χ4n) is 3.73. The standard InChI is InChI=1S/C15H27NO/c1-11-7-12(2)9-13(8-11)15(17)10-16-14-5-3-4-6-14/h11-14,16H,3-10H2,1-2H3. The maximum Gasteiger partial charge on any atom is 0.149 e. The van der Waals surface area contributed by atoms with Crippen molar-refractivity contribution in [2.45, 2.75) is 64.8 Å². The van der Waals surface area contributed by atoms with Gasteiger partial charge in [0.1, 0.15) is 5.78 Å². The summed E-state index contributed by atoms with van der Waals surface area (Å²) in [5, 5.41) is 3.46. The average molecular weight is 237 g/mol. The molecular formula is C15H27NO. The van der Waals surface area contributed by atoms with E-state index in [0.717, 1.165) is 24.7 Å². The van der Waals surface area contributed by atoms with Crippen LogP contribution in [0.3, 0.4) is 0 Å². The van der Waals surface area contributed by atoms with Crippen LogP contribution in [0.1, 0.15) is 58.8 Å². The van der Waals surface area contributed by atoms with Gasteiger partial charge < -0.3 is 5.32 Å². The Morgan fingerprint density at radius 2 is 1.65 bits per heavy atom. The zero-order valence-corrected chi connectivity index (χ0v) is 11.4. The van der Waals surface area contributed by atoms with Crippen molar-refractivity contribution in [3.05, 3.63) is 0 Å². The molecule has 17 heavy (non-hydrogen) atoms. The number of hydrogen-bond donors (Lipinski definition) is 1. The van der Waals surface area contributed by atoms with Gasteiger partial charge in [-0.3, -0.25) is 4.79 Å². The second-order valence-electron chi connectivity index (χ2n) is 6.44. The topological polar surface area (TPSA) is 29.1 Å². The Kier molecular flexibility index (Phi) is 4.61. The summed E-state index contributed by atoms with van der Waals surface area (Å²) in [6.45, 7) is 5.20. The van der Waals surface area contributed by atoms with Crippen LogP contribution < -0.4 is 5.32 Å². The van der Waals surface area contributed by atoms with Gasteiger partial charge in [0, 0.05) is 12.0 Å². The Hall–Kier alpha value is -0.370. The number of nitrogens with one attached hydrogen (secondary N) is 1. The van der Waals surface area contributed by atoms with Crippen LogP contribution in [-0.2, 0) is 4.79 Å². The minimum atomic E-state index is 0.336. The van der Waals surface area contributed by atoms with Crippen molar-refractivity contribution in [2.75, 3.05) is 6.54 Å². The summed E-state index contributed by atoms with van der Waals surface area (Å²) in [5.41, 5.74) is 0. The molecule has 2 saturated carbocycles. The molecule has 0 radical (unpaired) electrons. The number of carbonyl (C=O) groups excluding carboxylic acids is 1. The van der Waals surface area contributed by atoms with Crippen molar-refractivity contribution in [3.63, 3.8) is 0 Å². The first-order chi connectivity index (χ1) is 8.15. The lowest BCUT2D eigenvalue weighted by Crippen LogP contribution is -2.36. The first-order valence-corrected chi connectivity index (χ1v) is 7.41. The molecular weight excluding hydrogens is 210 g/mol. The lowest BCUT2D eigenvalue weighted by Gasteiger charge is -2.30. The summed E-state index contributed by atoms with van der Waals surface area (Å²) in [4.78, 5) is 12.2. The van der Waals surface area contributed by atoms with Crippen LogP contribution in [-0.4, -0.2) is 18.4 Å². The predicted molar refractivity (Wildman–Crippen MR) is 70.9 cm³/mol. The number of carbonyl (C=O) groups is 1. The Bertz CT molecular complexity index is 248. The Labute approximate surface area is 106 Å². The van der Waals surface area contributed by atoms with Gasteiger partial charge in [0.15, 0.2) is 0 Å². The second kappa shape index (κ2) is 5.99. The summed E-state index contributed by atoms with van der Waals surface area (Å²) in [6, 6.07) is 0.623. The first-order valence-electron chi connectivity index (χ1n) is 7.41. The Balaban J connectivity index is 1.74. The third kappa shape index (κ3) is 3.80. The summed E-state index contributed by atoms with van der Waals surface area (Å²) in [5.74, 6) is 2.27. The largest absolute Gasteiger partial charge is 0.307 e. The van der Waals surface area contributed by atoms with Crippen molar-refractivity contribution >= 4 is 5.78 Å². The summed E-state index contributed by atoms with van der Waals surface area (Å²) in [6.07, 6.45) is 8.76. The van der Waals surface area contributed by atoms with Crippen molar-refractivity contribution < 1.29 is 4.79 Å². The highest BCUT2D eigenvalue weighted by Crippen LogP contribution is 2.33. The zero-order chi connectivity index (χ0) is 12.3. The molecule has 2 heteroatoms. The molecule has 0 spiro atoms. The van der Waals surface area contributed by atoms with Crippen LogP contribution in [0.4, 0.5) is 0 Å². The van der Waals surface area contributed by atoms with Crippen molar-refractivity contribution in [3.8, 4) is 0 Å². The SMILES string of the molecule is CC1CC(C)CC(C(=O)CNC2CCCC2)C1. The average Bonchev–Trinajstić information content (AvgIpc) is 2.77. The first kappa shape index (κ1) is 13.1. The highest BCUT2D eigenvalue weighted by atomic mass is 16.1. The second-order valence-corrected chi connectivity index (χ2v) is 6.44. The van der Waals surface area contributed by atoms with E-state index >= 15 is 0 Å². The molecule has 1 N–H and O–H groups in total. The molecule has 0 aromatic rings. The van der Waals surface area contributed by atoms with E-state index in [1.54, 1.807) is 0 Å². The van der Waals surface area contributed by atoms with Crippen LogP contribution in [0.2, 0.25) is 0 Å². The molecule has 2 nitrogen and oxygen atoms in total. The third-order valence-corrected chi connectivity index (χ3v) is 4.55. The molecule has 0 aliphatic heterocycles. The minimum Gasteiger partial charge on any atom is -0.307 e. The molecule has 0 saturated heterocycles. The number of ketones is 1. The van der Waals surface area contributed by atoms with E-state index in [1.807, 2.05) is 0 Å². The van der Waals surface area contributed by atoms with Gasteiger partial charge in [-0.05, 0) is 43.9 Å². The van der Waals surface area contributed by atoms with Crippen LogP contribution in [0.5, 0.6) is 0 Å². The predicted octanol–water partition coefficient (Wildman–Crippen LogP) is 3.16. The molecule has 2 aliphatic rings. The Morgan fingerprint density at radius 1 is 1.06 bits per heavy atom. The highest BCUT2D eigenvalue weighted by Gasteiger charge is 2.29. The van der Waals surface area contributed by atoms with Crippen LogP contribution in [0.15, 0.2) is 0 Å². The van der Waals surface area contributed by atoms with Gasteiger partial charge in [-0.25, -0.2) is 0 Å². The molecule has 0 bridgehead atoms. The van der Waals surface area contributed by atoms with Gasteiger partial charge in [0.2, 0.25) is 0 Å². The zero-order valence-electron chi connectivity index (χ0n) is 11.4. The molecule has 0 heterocycles. The fraction of sp³-hybridized carbons (Fsp3) is 0.933. The smallest absolute Gasteiger partial charge is 0.149 e. The van der Waals surface area contributed by atoms with Gasteiger partial charge in [-0.2, -0.15) is 0 Å². The van der Waals surface area contributed by atoms with Crippen molar-refractivity contribution in [1.29, 1.82) is 0 Å². The van der Waals surface area contributed by atoms with E-state index < -0.39 is 0 Å². The van der Waals surface area contributed by atoms with Gasteiger partial charge in [0.25, 0.3) is 0 Å². The van der Waals surface area contributed by atoms with E-state index in [0.29, 0.717) is 24.3 Å².